The zero-order chi connectivity index (χ0) is 9.84. The summed E-state index contributed by atoms with van der Waals surface area (Å²) in [5.74, 6) is 1.38. The minimum Gasteiger partial charge on any atom is -0.480 e. The standard InChI is InChI=1S/C10H14N2O/c1-5-6-9-7(2)11-8(3)12-10(9)13-4/h5-6H,1-4H3/b6-5-. The average Bonchev–Trinajstić information content (AvgIpc) is 2.09. The van der Waals surface area contributed by atoms with Crippen molar-refractivity contribution in [2.75, 3.05) is 7.11 Å². The van der Waals surface area contributed by atoms with Crippen molar-refractivity contribution < 1.29 is 4.74 Å². The Labute approximate surface area is 78.5 Å². The van der Waals surface area contributed by atoms with Crippen LogP contribution in [-0.2, 0) is 0 Å². The fourth-order valence-electron chi connectivity index (χ4n) is 1.20. The van der Waals surface area contributed by atoms with Gasteiger partial charge in [0.1, 0.15) is 5.82 Å². The molecule has 1 rings (SSSR count). The molecule has 0 atom stereocenters. The summed E-state index contributed by atoms with van der Waals surface area (Å²) < 4.78 is 5.16. The predicted molar refractivity (Wildman–Crippen MR) is 52.8 cm³/mol. The Hall–Kier alpha value is -1.38. The molecule has 70 valence electrons. The second-order valence-corrected chi connectivity index (χ2v) is 2.78. The molecule has 13 heavy (non-hydrogen) atoms. The monoisotopic (exact) mass is 178 g/mol. The summed E-state index contributed by atoms with van der Waals surface area (Å²) in [6.07, 6.45) is 3.90. The van der Waals surface area contributed by atoms with Crippen LogP contribution < -0.4 is 4.74 Å². The molecule has 0 aromatic carbocycles. The van der Waals surface area contributed by atoms with Gasteiger partial charge in [0.2, 0.25) is 5.88 Å². The first-order chi connectivity index (χ1) is 6.19. The highest BCUT2D eigenvalue weighted by Gasteiger charge is 2.06. The van der Waals surface area contributed by atoms with E-state index in [2.05, 4.69) is 9.97 Å². The van der Waals surface area contributed by atoms with Crippen LogP contribution in [0, 0.1) is 13.8 Å². The van der Waals surface area contributed by atoms with Crippen LogP contribution in [0.4, 0.5) is 0 Å². The molecule has 0 aliphatic carbocycles. The molecular weight excluding hydrogens is 164 g/mol. The van der Waals surface area contributed by atoms with Gasteiger partial charge in [-0.3, -0.25) is 0 Å². The number of allylic oxidation sites excluding steroid dienone is 1. The van der Waals surface area contributed by atoms with E-state index >= 15 is 0 Å². The molecule has 3 nitrogen and oxygen atoms in total. The SMILES string of the molecule is C/C=C\c1c(C)nc(C)nc1OC. The molecule has 0 radical (unpaired) electrons. The van der Waals surface area contributed by atoms with Gasteiger partial charge in [0.05, 0.1) is 18.4 Å². The molecule has 0 saturated heterocycles. The van der Waals surface area contributed by atoms with Gasteiger partial charge in [-0.25, -0.2) is 4.98 Å². The van der Waals surface area contributed by atoms with Gasteiger partial charge in [-0.05, 0) is 20.8 Å². The highest BCUT2D eigenvalue weighted by Crippen LogP contribution is 2.19. The molecule has 0 N–H and O–H groups in total. The van der Waals surface area contributed by atoms with Gasteiger partial charge >= 0.3 is 0 Å². The predicted octanol–water partition coefficient (Wildman–Crippen LogP) is 2.14. The van der Waals surface area contributed by atoms with Gasteiger partial charge in [-0.1, -0.05) is 12.2 Å². The fraction of sp³-hybridized carbons (Fsp3) is 0.400. The van der Waals surface area contributed by atoms with Gasteiger partial charge < -0.3 is 4.74 Å². The summed E-state index contributed by atoms with van der Waals surface area (Å²) in [5, 5.41) is 0. The van der Waals surface area contributed by atoms with Crippen LogP contribution in [0.25, 0.3) is 6.08 Å². The van der Waals surface area contributed by atoms with E-state index in [-0.39, 0.29) is 0 Å². The van der Waals surface area contributed by atoms with Gasteiger partial charge in [0.15, 0.2) is 0 Å². The lowest BCUT2D eigenvalue weighted by Crippen LogP contribution is -1.99. The average molecular weight is 178 g/mol. The quantitative estimate of drug-likeness (QED) is 0.696. The minimum absolute atomic E-state index is 0.642. The van der Waals surface area contributed by atoms with Crippen molar-refractivity contribution >= 4 is 6.08 Å². The Morgan fingerprint density at radius 1 is 1.23 bits per heavy atom. The number of ether oxygens (including phenoxy) is 1. The summed E-state index contributed by atoms with van der Waals surface area (Å²) in [4.78, 5) is 8.44. The van der Waals surface area contributed by atoms with E-state index in [0.29, 0.717) is 5.88 Å². The van der Waals surface area contributed by atoms with Crippen molar-refractivity contribution in [1.29, 1.82) is 0 Å². The molecule has 0 saturated carbocycles. The first kappa shape index (κ1) is 9.71. The second-order valence-electron chi connectivity index (χ2n) is 2.78. The summed E-state index contributed by atoms with van der Waals surface area (Å²) >= 11 is 0. The van der Waals surface area contributed by atoms with E-state index in [0.717, 1.165) is 17.1 Å². The molecule has 1 aromatic heterocycles. The summed E-state index contributed by atoms with van der Waals surface area (Å²) in [6, 6.07) is 0. The largest absolute Gasteiger partial charge is 0.480 e. The number of rotatable bonds is 2. The normalized spacial score (nSPS) is 10.8. The van der Waals surface area contributed by atoms with Gasteiger partial charge in [-0.2, -0.15) is 4.98 Å². The summed E-state index contributed by atoms with van der Waals surface area (Å²) in [7, 11) is 1.62. The van der Waals surface area contributed by atoms with Crippen LogP contribution in [0.15, 0.2) is 6.08 Å². The Morgan fingerprint density at radius 3 is 2.46 bits per heavy atom. The Kier molecular flexibility index (Phi) is 3.01. The summed E-state index contributed by atoms with van der Waals surface area (Å²) in [5.41, 5.74) is 1.90. The maximum Gasteiger partial charge on any atom is 0.224 e. The molecule has 0 bridgehead atoms. The first-order valence-electron chi connectivity index (χ1n) is 4.21. The van der Waals surface area contributed by atoms with Crippen LogP contribution in [0.3, 0.4) is 0 Å². The van der Waals surface area contributed by atoms with Crippen LogP contribution in [0.2, 0.25) is 0 Å². The van der Waals surface area contributed by atoms with Crippen molar-refractivity contribution in [3.8, 4) is 5.88 Å². The maximum absolute atomic E-state index is 5.16. The molecular formula is C10H14N2O. The molecule has 0 aliphatic heterocycles. The number of aromatic nitrogens is 2. The van der Waals surface area contributed by atoms with E-state index < -0.39 is 0 Å². The highest BCUT2D eigenvalue weighted by atomic mass is 16.5. The van der Waals surface area contributed by atoms with Crippen molar-refractivity contribution in [2.45, 2.75) is 20.8 Å². The van der Waals surface area contributed by atoms with E-state index in [1.807, 2.05) is 32.9 Å². The fourth-order valence-corrected chi connectivity index (χ4v) is 1.20. The number of hydrogen-bond acceptors (Lipinski definition) is 3. The second kappa shape index (κ2) is 4.03. The molecule has 1 aromatic rings. The number of aryl methyl sites for hydroxylation is 2. The number of nitrogens with zero attached hydrogens (tertiary/aromatic N) is 2. The Morgan fingerprint density at radius 2 is 1.92 bits per heavy atom. The zero-order valence-electron chi connectivity index (χ0n) is 8.46. The van der Waals surface area contributed by atoms with Crippen molar-refractivity contribution in [2.24, 2.45) is 0 Å². The van der Waals surface area contributed by atoms with E-state index in [1.54, 1.807) is 7.11 Å². The van der Waals surface area contributed by atoms with Crippen LogP contribution in [-0.4, -0.2) is 17.1 Å². The molecule has 0 amide bonds. The lowest BCUT2D eigenvalue weighted by Gasteiger charge is -2.06. The van der Waals surface area contributed by atoms with E-state index in [4.69, 9.17) is 4.74 Å². The Bertz CT molecular complexity index is 332. The van der Waals surface area contributed by atoms with Crippen molar-refractivity contribution in [3.05, 3.63) is 23.2 Å². The molecule has 0 unspecified atom stereocenters. The summed E-state index contributed by atoms with van der Waals surface area (Å²) in [6.45, 7) is 5.76. The van der Waals surface area contributed by atoms with Crippen molar-refractivity contribution in [1.82, 2.24) is 9.97 Å². The van der Waals surface area contributed by atoms with E-state index in [1.165, 1.54) is 0 Å². The molecule has 0 aliphatic rings. The van der Waals surface area contributed by atoms with Crippen LogP contribution in [0.5, 0.6) is 5.88 Å². The molecule has 0 fully saturated rings. The zero-order valence-corrected chi connectivity index (χ0v) is 8.46. The van der Waals surface area contributed by atoms with Gasteiger partial charge in [0.25, 0.3) is 0 Å². The van der Waals surface area contributed by atoms with Crippen LogP contribution in [0.1, 0.15) is 24.0 Å². The van der Waals surface area contributed by atoms with Crippen molar-refractivity contribution in [3.63, 3.8) is 0 Å². The lowest BCUT2D eigenvalue weighted by molar-refractivity contribution is 0.394. The number of methoxy groups -OCH3 is 1. The van der Waals surface area contributed by atoms with Gasteiger partial charge in [-0.15, -0.1) is 0 Å². The third-order valence-corrected chi connectivity index (χ3v) is 1.74. The Balaban J connectivity index is 3.29. The first-order valence-corrected chi connectivity index (χ1v) is 4.21. The van der Waals surface area contributed by atoms with Crippen LogP contribution >= 0.6 is 0 Å². The minimum atomic E-state index is 0.642. The third kappa shape index (κ3) is 2.05. The lowest BCUT2D eigenvalue weighted by atomic mass is 10.2. The highest BCUT2D eigenvalue weighted by molar-refractivity contribution is 5.56. The van der Waals surface area contributed by atoms with E-state index in [9.17, 15) is 0 Å². The molecule has 3 heteroatoms. The topological polar surface area (TPSA) is 35.0 Å². The smallest absolute Gasteiger partial charge is 0.224 e. The maximum atomic E-state index is 5.16. The third-order valence-electron chi connectivity index (χ3n) is 1.74. The van der Waals surface area contributed by atoms with Gasteiger partial charge in [0, 0.05) is 0 Å². The number of hydrogen-bond donors (Lipinski definition) is 0. The molecule has 1 heterocycles. The molecule has 0 spiro atoms.